The molecule has 11 heteroatoms. The van der Waals surface area contributed by atoms with Gasteiger partial charge in [-0.3, -0.25) is 14.0 Å². The number of halogens is 1. The van der Waals surface area contributed by atoms with E-state index >= 15 is 0 Å². The lowest BCUT2D eigenvalue weighted by Crippen LogP contribution is -2.36. The SMILES string of the molecule is N#C/C(=C\c1c(Oc2ccc(Br)cc2)nc2ccccn2c1=O)C(=O)NC1CCS(=O)(=O)C1. The highest BCUT2D eigenvalue weighted by Gasteiger charge is 2.29. The second-order valence-corrected chi connectivity index (χ2v) is 10.5. The predicted molar refractivity (Wildman–Crippen MR) is 124 cm³/mol. The summed E-state index contributed by atoms with van der Waals surface area (Å²) in [4.78, 5) is 30.2. The summed E-state index contributed by atoms with van der Waals surface area (Å²) in [6.45, 7) is 0. The lowest BCUT2D eigenvalue weighted by Gasteiger charge is -2.12. The molecule has 168 valence electrons. The van der Waals surface area contributed by atoms with E-state index < -0.39 is 27.3 Å². The number of carbonyl (C=O) groups excluding carboxylic acids is 1. The van der Waals surface area contributed by atoms with E-state index in [0.29, 0.717) is 11.4 Å². The second-order valence-electron chi connectivity index (χ2n) is 7.36. The zero-order valence-corrected chi connectivity index (χ0v) is 19.5. The number of benzene rings is 1. The van der Waals surface area contributed by atoms with Gasteiger partial charge in [0.2, 0.25) is 5.88 Å². The summed E-state index contributed by atoms with van der Waals surface area (Å²) in [6, 6.07) is 13.0. The molecule has 1 saturated heterocycles. The summed E-state index contributed by atoms with van der Waals surface area (Å²) < 4.78 is 31.3. The van der Waals surface area contributed by atoms with Crippen molar-refractivity contribution < 1.29 is 17.9 Å². The van der Waals surface area contributed by atoms with Crippen molar-refractivity contribution in [2.45, 2.75) is 12.5 Å². The van der Waals surface area contributed by atoms with Gasteiger partial charge in [0.05, 0.1) is 11.5 Å². The fourth-order valence-electron chi connectivity index (χ4n) is 3.36. The van der Waals surface area contributed by atoms with Crippen LogP contribution in [-0.4, -0.2) is 41.3 Å². The Morgan fingerprint density at radius 2 is 2.03 bits per heavy atom. The van der Waals surface area contributed by atoms with Gasteiger partial charge in [-0.15, -0.1) is 0 Å². The molecule has 1 fully saturated rings. The maximum Gasteiger partial charge on any atom is 0.269 e. The molecule has 3 aromatic rings. The van der Waals surface area contributed by atoms with E-state index in [-0.39, 0.29) is 34.9 Å². The first kappa shape index (κ1) is 22.7. The number of hydrogen-bond acceptors (Lipinski definition) is 7. The van der Waals surface area contributed by atoms with E-state index in [0.717, 1.165) is 10.5 Å². The van der Waals surface area contributed by atoms with Crippen LogP contribution in [0.25, 0.3) is 11.7 Å². The Kier molecular flexibility index (Phi) is 6.31. The third kappa shape index (κ3) is 5.13. The minimum Gasteiger partial charge on any atom is -0.438 e. The Morgan fingerprint density at radius 1 is 1.27 bits per heavy atom. The average molecular weight is 529 g/mol. The number of sulfone groups is 1. The molecule has 1 aliphatic heterocycles. The monoisotopic (exact) mass is 528 g/mol. The normalized spacial score (nSPS) is 17.5. The van der Waals surface area contributed by atoms with Gasteiger partial charge >= 0.3 is 0 Å². The Bertz CT molecular complexity index is 1470. The van der Waals surface area contributed by atoms with Crippen molar-refractivity contribution >= 4 is 43.4 Å². The molecule has 0 saturated carbocycles. The summed E-state index contributed by atoms with van der Waals surface area (Å²) in [7, 11) is -3.21. The molecule has 0 bridgehead atoms. The summed E-state index contributed by atoms with van der Waals surface area (Å²) in [6.07, 6.45) is 2.90. The minimum absolute atomic E-state index is 0.0231. The van der Waals surface area contributed by atoms with Crippen LogP contribution in [0.2, 0.25) is 0 Å². The number of rotatable bonds is 5. The highest BCUT2D eigenvalue weighted by molar-refractivity contribution is 9.10. The molecular formula is C22H17BrN4O5S. The van der Waals surface area contributed by atoms with E-state index in [1.165, 1.54) is 10.6 Å². The van der Waals surface area contributed by atoms with Crippen LogP contribution in [0.5, 0.6) is 11.6 Å². The first-order valence-corrected chi connectivity index (χ1v) is 12.4. The summed E-state index contributed by atoms with van der Waals surface area (Å²) in [5, 5.41) is 12.1. The zero-order chi connectivity index (χ0) is 23.6. The lowest BCUT2D eigenvalue weighted by atomic mass is 10.1. The number of fused-ring (bicyclic) bond motifs is 1. The van der Waals surface area contributed by atoms with Gasteiger partial charge in [0.15, 0.2) is 9.84 Å². The zero-order valence-electron chi connectivity index (χ0n) is 17.1. The molecule has 1 aromatic carbocycles. The van der Waals surface area contributed by atoms with Crippen LogP contribution >= 0.6 is 15.9 Å². The third-order valence-corrected chi connectivity index (χ3v) is 7.28. The van der Waals surface area contributed by atoms with Crippen molar-refractivity contribution in [3.05, 3.63) is 74.6 Å². The number of carbonyl (C=O) groups is 1. The van der Waals surface area contributed by atoms with Gasteiger partial charge in [-0.1, -0.05) is 22.0 Å². The number of nitrogens with one attached hydrogen (secondary N) is 1. The van der Waals surface area contributed by atoms with Gasteiger partial charge in [0, 0.05) is 16.7 Å². The number of amides is 1. The van der Waals surface area contributed by atoms with Crippen LogP contribution in [0.15, 0.2) is 63.5 Å². The van der Waals surface area contributed by atoms with Gasteiger partial charge in [-0.05, 0) is 48.9 Å². The van der Waals surface area contributed by atoms with Gasteiger partial charge in [-0.2, -0.15) is 10.2 Å². The molecule has 4 rings (SSSR count). The Morgan fingerprint density at radius 3 is 2.70 bits per heavy atom. The highest BCUT2D eigenvalue weighted by atomic mass is 79.9. The van der Waals surface area contributed by atoms with E-state index in [9.17, 15) is 23.3 Å². The number of ether oxygens (including phenoxy) is 1. The fraction of sp³-hybridized carbons (Fsp3) is 0.182. The van der Waals surface area contributed by atoms with E-state index in [1.807, 2.05) is 0 Å². The number of pyridine rings is 1. The van der Waals surface area contributed by atoms with Gasteiger partial charge in [0.1, 0.15) is 28.6 Å². The van der Waals surface area contributed by atoms with Crippen molar-refractivity contribution in [3.63, 3.8) is 0 Å². The van der Waals surface area contributed by atoms with Gasteiger partial charge in [-0.25, -0.2) is 8.42 Å². The first-order chi connectivity index (χ1) is 15.8. The maximum atomic E-state index is 13.2. The van der Waals surface area contributed by atoms with Crippen LogP contribution in [0, 0.1) is 11.3 Å². The molecular weight excluding hydrogens is 512 g/mol. The quantitative estimate of drug-likeness (QED) is 0.397. The summed E-state index contributed by atoms with van der Waals surface area (Å²) in [5.41, 5.74) is -0.662. The van der Waals surface area contributed by atoms with Crippen molar-refractivity contribution in [2.75, 3.05) is 11.5 Å². The van der Waals surface area contributed by atoms with Crippen molar-refractivity contribution in [1.82, 2.24) is 14.7 Å². The maximum absolute atomic E-state index is 13.2. The summed E-state index contributed by atoms with van der Waals surface area (Å²) >= 11 is 3.34. The van der Waals surface area contributed by atoms with Crippen LogP contribution in [0.1, 0.15) is 12.0 Å². The smallest absolute Gasteiger partial charge is 0.269 e. The molecule has 1 atom stereocenters. The van der Waals surface area contributed by atoms with Crippen LogP contribution in [0.4, 0.5) is 0 Å². The predicted octanol–water partition coefficient (Wildman–Crippen LogP) is 2.46. The van der Waals surface area contributed by atoms with E-state index in [2.05, 4.69) is 26.2 Å². The topological polar surface area (TPSA) is 131 Å². The molecule has 1 unspecified atom stereocenters. The second kappa shape index (κ2) is 9.17. The standard InChI is InChI=1S/C22H17BrN4O5S/c23-15-4-6-17(7-5-15)32-21-18(22(29)27-9-2-1-3-19(27)26-21)11-14(12-24)20(28)25-16-8-10-33(30,31)13-16/h1-7,9,11,16H,8,10,13H2,(H,25,28)/b14-11+. The van der Waals surface area contributed by atoms with Crippen LogP contribution < -0.4 is 15.6 Å². The highest BCUT2D eigenvalue weighted by Crippen LogP contribution is 2.25. The number of aromatic nitrogens is 2. The minimum atomic E-state index is -3.21. The molecule has 1 aliphatic rings. The molecule has 9 nitrogen and oxygen atoms in total. The molecule has 0 radical (unpaired) electrons. The van der Waals surface area contributed by atoms with Crippen molar-refractivity contribution in [3.8, 4) is 17.7 Å². The Hall–Kier alpha value is -3.49. The van der Waals surface area contributed by atoms with Gasteiger partial charge < -0.3 is 10.1 Å². The largest absolute Gasteiger partial charge is 0.438 e. The van der Waals surface area contributed by atoms with E-state index in [4.69, 9.17) is 4.74 Å². The first-order valence-electron chi connectivity index (χ1n) is 9.83. The Labute approximate surface area is 197 Å². The van der Waals surface area contributed by atoms with Crippen molar-refractivity contribution in [2.24, 2.45) is 0 Å². The molecule has 1 amide bonds. The molecule has 2 aromatic heterocycles. The average Bonchev–Trinajstić information content (AvgIpc) is 3.13. The lowest BCUT2D eigenvalue weighted by molar-refractivity contribution is -0.117. The van der Waals surface area contributed by atoms with Gasteiger partial charge in [0.25, 0.3) is 11.5 Å². The molecule has 0 spiro atoms. The number of nitriles is 1. The molecule has 33 heavy (non-hydrogen) atoms. The fourth-order valence-corrected chi connectivity index (χ4v) is 5.30. The summed E-state index contributed by atoms with van der Waals surface area (Å²) in [5.74, 6) is -0.649. The van der Waals surface area contributed by atoms with Crippen LogP contribution in [-0.2, 0) is 14.6 Å². The number of hydrogen-bond donors (Lipinski definition) is 1. The van der Waals surface area contributed by atoms with Crippen molar-refractivity contribution in [1.29, 1.82) is 5.26 Å². The van der Waals surface area contributed by atoms with E-state index in [1.54, 1.807) is 48.5 Å². The third-order valence-electron chi connectivity index (χ3n) is 4.98. The molecule has 0 aliphatic carbocycles. The van der Waals surface area contributed by atoms with Crippen LogP contribution in [0.3, 0.4) is 0 Å². The molecule has 1 N–H and O–H groups in total. The Balaban J connectivity index is 1.75. The molecule has 3 heterocycles. The number of nitrogens with zero attached hydrogens (tertiary/aromatic N) is 3.